The topological polar surface area (TPSA) is 44.3 Å². The second-order valence-corrected chi connectivity index (χ2v) is 3.93. The van der Waals surface area contributed by atoms with Crippen LogP contribution in [0.2, 0.25) is 0 Å². The Morgan fingerprint density at radius 3 is 2.50 bits per heavy atom. The monoisotopic (exact) mass is 172 g/mol. The Morgan fingerprint density at radius 1 is 1.33 bits per heavy atom. The van der Waals surface area contributed by atoms with Crippen LogP contribution in [-0.4, -0.2) is 36.4 Å². The van der Waals surface area contributed by atoms with Crippen LogP contribution in [0.3, 0.4) is 0 Å². The highest BCUT2D eigenvalue weighted by atomic mass is 16.3. The van der Waals surface area contributed by atoms with Crippen molar-refractivity contribution >= 4 is 0 Å². The van der Waals surface area contributed by atoms with Crippen molar-refractivity contribution in [3.63, 3.8) is 0 Å². The van der Waals surface area contributed by atoms with Crippen molar-refractivity contribution < 1.29 is 5.11 Å². The van der Waals surface area contributed by atoms with E-state index in [4.69, 9.17) is 0 Å². The van der Waals surface area contributed by atoms with E-state index in [9.17, 15) is 5.11 Å². The van der Waals surface area contributed by atoms with Crippen LogP contribution in [0.1, 0.15) is 20.8 Å². The first-order valence-corrected chi connectivity index (χ1v) is 4.76. The van der Waals surface area contributed by atoms with E-state index in [1.807, 2.05) is 6.92 Å². The zero-order valence-electron chi connectivity index (χ0n) is 8.17. The molecule has 1 rings (SSSR count). The van der Waals surface area contributed by atoms with E-state index in [2.05, 4.69) is 24.5 Å². The lowest BCUT2D eigenvalue weighted by atomic mass is 9.94. The number of rotatable bonds is 2. The van der Waals surface area contributed by atoms with Crippen molar-refractivity contribution in [3.05, 3.63) is 0 Å². The van der Waals surface area contributed by atoms with Gasteiger partial charge in [-0.2, -0.15) is 0 Å². The van der Waals surface area contributed by atoms with Gasteiger partial charge in [-0.3, -0.25) is 0 Å². The summed E-state index contributed by atoms with van der Waals surface area (Å²) in [5, 5.41) is 16.2. The van der Waals surface area contributed by atoms with Gasteiger partial charge in [0.05, 0.1) is 6.10 Å². The molecule has 0 aromatic heterocycles. The third kappa shape index (κ3) is 2.44. The maximum absolute atomic E-state index is 9.39. The molecule has 1 fully saturated rings. The Kier molecular flexibility index (Phi) is 3.50. The highest BCUT2D eigenvalue weighted by Crippen LogP contribution is 2.10. The van der Waals surface area contributed by atoms with Gasteiger partial charge in [0, 0.05) is 25.2 Å². The van der Waals surface area contributed by atoms with E-state index >= 15 is 0 Å². The van der Waals surface area contributed by atoms with Crippen molar-refractivity contribution in [3.8, 4) is 0 Å². The highest BCUT2D eigenvalue weighted by molar-refractivity contribution is 4.86. The van der Waals surface area contributed by atoms with Crippen LogP contribution in [0.15, 0.2) is 0 Å². The van der Waals surface area contributed by atoms with Crippen LogP contribution >= 0.6 is 0 Å². The molecule has 3 heteroatoms. The lowest BCUT2D eigenvalue weighted by Gasteiger charge is -2.34. The summed E-state index contributed by atoms with van der Waals surface area (Å²) in [5.74, 6) is 0.320. The molecule has 0 aromatic carbocycles. The molecule has 0 aromatic rings. The summed E-state index contributed by atoms with van der Waals surface area (Å²) in [5.41, 5.74) is 0. The van der Waals surface area contributed by atoms with Gasteiger partial charge in [-0.1, -0.05) is 6.92 Å². The molecule has 4 atom stereocenters. The Balaban J connectivity index is 2.40. The second-order valence-electron chi connectivity index (χ2n) is 3.93. The minimum absolute atomic E-state index is 0.227. The van der Waals surface area contributed by atoms with Gasteiger partial charge in [-0.15, -0.1) is 0 Å². The Hall–Kier alpha value is -0.120. The van der Waals surface area contributed by atoms with Gasteiger partial charge in [0.25, 0.3) is 0 Å². The predicted molar refractivity (Wildman–Crippen MR) is 50.1 cm³/mol. The molecule has 1 aliphatic heterocycles. The molecular weight excluding hydrogens is 152 g/mol. The first kappa shape index (κ1) is 9.96. The van der Waals surface area contributed by atoms with Crippen molar-refractivity contribution in [2.45, 2.75) is 39.0 Å². The molecular formula is C9H20N2O. The van der Waals surface area contributed by atoms with E-state index in [-0.39, 0.29) is 6.10 Å². The van der Waals surface area contributed by atoms with Gasteiger partial charge in [-0.05, 0) is 19.8 Å². The van der Waals surface area contributed by atoms with Gasteiger partial charge in [0.1, 0.15) is 0 Å². The zero-order valence-corrected chi connectivity index (χ0v) is 8.17. The molecule has 3 nitrogen and oxygen atoms in total. The number of hydrogen-bond donors (Lipinski definition) is 3. The molecule has 0 bridgehead atoms. The molecule has 0 aliphatic carbocycles. The largest absolute Gasteiger partial charge is 0.393 e. The standard InChI is InChI=1S/C9H20N2O/c1-6-4-10-5-9(11-6)7(2)8(3)12/h6-12H,4-5H2,1-3H3. The minimum atomic E-state index is -0.227. The second kappa shape index (κ2) is 4.21. The van der Waals surface area contributed by atoms with Crippen LogP contribution in [0.5, 0.6) is 0 Å². The van der Waals surface area contributed by atoms with E-state index < -0.39 is 0 Å². The molecule has 12 heavy (non-hydrogen) atoms. The maximum atomic E-state index is 9.39. The van der Waals surface area contributed by atoms with Crippen molar-refractivity contribution in [1.82, 2.24) is 10.6 Å². The summed E-state index contributed by atoms with van der Waals surface area (Å²) in [6, 6.07) is 0.929. The number of hydrogen-bond acceptors (Lipinski definition) is 3. The number of nitrogens with one attached hydrogen (secondary N) is 2. The quantitative estimate of drug-likeness (QED) is 0.547. The van der Waals surface area contributed by atoms with E-state index in [1.54, 1.807) is 0 Å². The molecule has 1 saturated heterocycles. The van der Waals surface area contributed by atoms with Gasteiger partial charge in [0.2, 0.25) is 0 Å². The van der Waals surface area contributed by atoms with Gasteiger partial charge in [0.15, 0.2) is 0 Å². The molecule has 72 valence electrons. The third-order valence-electron chi connectivity index (χ3n) is 2.71. The van der Waals surface area contributed by atoms with Crippen LogP contribution in [0, 0.1) is 5.92 Å². The molecule has 1 heterocycles. The average Bonchev–Trinajstić information content (AvgIpc) is 2.03. The van der Waals surface area contributed by atoms with Crippen molar-refractivity contribution in [2.24, 2.45) is 5.92 Å². The molecule has 4 unspecified atom stereocenters. The smallest absolute Gasteiger partial charge is 0.0552 e. The van der Waals surface area contributed by atoms with Gasteiger partial charge in [-0.25, -0.2) is 0 Å². The van der Waals surface area contributed by atoms with Crippen LogP contribution in [-0.2, 0) is 0 Å². The number of aliphatic hydroxyl groups excluding tert-OH is 1. The fourth-order valence-corrected chi connectivity index (χ4v) is 1.61. The zero-order chi connectivity index (χ0) is 9.14. The van der Waals surface area contributed by atoms with Gasteiger partial charge < -0.3 is 15.7 Å². The molecule has 0 spiro atoms. The molecule has 0 saturated carbocycles. The van der Waals surface area contributed by atoms with Crippen LogP contribution in [0.25, 0.3) is 0 Å². The third-order valence-corrected chi connectivity index (χ3v) is 2.71. The average molecular weight is 172 g/mol. The minimum Gasteiger partial charge on any atom is -0.393 e. The first-order valence-electron chi connectivity index (χ1n) is 4.76. The molecule has 3 N–H and O–H groups in total. The number of piperazine rings is 1. The lowest BCUT2D eigenvalue weighted by molar-refractivity contribution is 0.100. The number of aliphatic hydroxyl groups is 1. The van der Waals surface area contributed by atoms with Crippen molar-refractivity contribution in [2.75, 3.05) is 13.1 Å². The highest BCUT2D eigenvalue weighted by Gasteiger charge is 2.25. The van der Waals surface area contributed by atoms with Gasteiger partial charge >= 0.3 is 0 Å². The Morgan fingerprint density at radius 2 is 2.00 bits per heavy atom. The van der Waals surface area contributed by atoms with Crippen molar-refractivity contribution in [1.29, 1.82) is 0 Å². The Bertz CT molecular complexity index is 138. The van der Waals surface area contributed by atoms with E-state index in [0.29, 0.717) is 18.0 Å². The lowest BCUT2D eigenvalue weighted by Crippen LogP contribution is -2.57. The first-order chi connectivity index (χ1) is 5.61. The molecule has 1 aliphatic rings. The summed E-state index contributed by atoms with van der Waals surface area (Å²) >= 11 is 0. The van der Waals surface area contributed by atoms with E-state index in [1.165, 1.54) is 0 Å². The fourth-order valence-electron chi connectivity index (χ4n) is 1.61. The van der Waals surface area contributed by atoms with Crippen LogP contribution in [0.4, 0.5) is 0 Å². The summed E-state index contributed by atoms with van der Waals surface area (Å²) < 4.78 is 0. The molecule has 0 amide bonds. The van der Waals surface area contributed by atoms with E-state index in [0.717, 1.165) is 13.1 Å². The fraction of sp³-hybridized carbons (Fsp3) is 1.00. The Labute approximate surface area is 74.5 Å². The van der Waals surface area contributed by atoms with Crippen LogP contribution < -0.4 is 10.6 Å². The summed E-state index contributed by atoms with van der Waals surface area (Å²) in [6.07, 6.45) is -0.227. The normalized spacial score (nSPS) is 36.0. The summed E-state index contributed by atoms with van der Waals surface area (Å²) in [4.78, 5) is 0. The maximum Gasteiger partial charge on any atom is 0.0552 e. The predicted octanol–water partition coefficient (Wildman–Crippen LogP) is -0.0468. The SMILES string of the molecule is CC1CNCC(C(C)C(C)O)N1. The summed E-state index contributed by atoms with van der Waals surface area (Å²) in [7, 11) is 0. The summed E-state index contributed by atoms with van der Waals surface area (Å²) in [6.45, 7) is 8.10. The molecule has 0 radical (unpaired) electrons.